The number of nitrogen functional groups attached to an aromatic ring is 1. The molecule has 0 aromatic heterocycles. The van der Waals surface area contributed by atoms with Crippen LogP contribution in [-0.2, 0) is 11.3 Å². The van der Waals surface area contributed by atoms with Crippen molar-refractivity contribution in [2.24, 2.45) is 0 Å². The average molecular weight is 378 g/mol. The smallest absolute Gasteiger partial charge is 0.244 e. The van der Waals surface area contributed by atoms with Gasteiger partial charge in [0, 0.05) is 24.3 Å². The van der Waals surface area contributed by atoms with Gasteiger partial charge in [0.2, 0.25) is 5.91 Å². The van der Waals surface area contributed by atoms with Crippen LogP contribution in [0.4, 0.5) is 18.9 Å². The third-order valence-corrected chi connectivity index (χ3v) is 3.75. The molecule has 0 radical (unpaired) electrons. The number of ether oxygens (including phenoxy) is 1. The molecule has 0 atom stereocenters. The number of carbonyl (C=O) groups excluding carboxylic acids is 1. The largest absolute Gasteiger partial charge is 0.493 e. The second kappa shape index (κ2) is 9.66. The third kappa shape index (κ3) is 6.06. The highest BCUT2D eigenvalue weighted by Crippen LogP contribution is 2.22. The van der Waals surface area contributed by atoms with Crippen LogP contribution >= 0.6 is 0 Å². The number of rotatable bonds is 8. The van der Waals surface area contributed by atoms with E-state index in [1.807, 2.05) is 6.92 Å². The molecule has 1 amide bonds. The van der Waals surface area contributed by atoms with Crippen molar-refractivity contribution < 1.29 is 22.7 Å². The number of halogens is 3. The van der Waals surface area contributed by atoms with Gasteiger partial charge in [-0.25, -0.2) is 13.2 Å². The number of carbonyl (C=O) groups is 1. The summed E-state index contributed by atoms with van der Waals surface area (Å²) in [4.78, 5) is 11.9. The van der Waals surface area contributed by atoms with Crippen LogP contribution in [0.15, 0.2) is 36.4 Å². The zero-order chi connectivity index (χ0) is 19.8. The molecule has 2 aromatic rings. The maximum Gasteiger partial charge on any atom is 0.244 e. The number of benzene rings is 2. The number of unbranched alkanes of at least 4 members (excludes halogenated alkanes) is 1. The Morgan fingerprint density at radius 2 is 1.89 bits per heavy atom. The van der Waals surface area contributed by atoms with Gasteiger partial charge in [-0.2, -0.15) is 0 Å². The molecule has 144 valence electrons. The molecule has 0 spiro atoms. The number of hydrogen-bond donors (Lipinski definition) is 2. The molecular weight excluding hydrogens is 357 g/mol. The summed E-state index contributed by atoms with van der Waals surface area (Å²) in [5, 5.41) is 2.51. The van der Waals surface area contributed by atoms with Gasteiger partial charge in [0.25, 0.3) is 0 Å². The Morgan fingerprint density at radius 1 is 1.19 bits per heavy atom. The maximum absolute atomic E-state index is 13.4. The number of hydrogen-bond acceptors (Lipinski definition) is 3. The Morgan fingerprint density at radius 3 is 2.56 bits per heavy atom. The first-order valence-corrected chi connectivity index (χ1v) is 8.52. The number of anilines is 1. The summed E-state index contributed by atoms with van der Waals surface area (Å²) >= 11 is 0. The van der Waals surface area contributed by atoms with Crippen LogP contribution in [0, 0.1) is 17.5 Å². The molecule has 2 rings (SSSR count). The minimum Gasteiger partial charge on any atom is -0.493 e. The molecule has 3 N–H and O–H groups in total. The monoisotopic (exact) mass is 378 g/mol. The zero-order valence-corrected chi connectivity index (χ0v) is 14.9. The van der Waals surface area contributed by atoms with Gasteiger partial charge in [-0.3, -0.25) is 4.79 Å². The van der Waals surface area contributed by atoms with E-state index in [1.165, 1.54) is 30.4 Å². The van der Waals surface area contributed by atoms with Crippen molar-refractivity contribution in [1.82, 2.24) is 5.32 Å². The number of amides is 1. The molecule has 0 saturated carbocycles. The van der Waals surface area contributed by atoms with Gasteiger partial charge >= 0.3 is 0 Å². The highest BCUT2D eigenvalue weighted by Gasteiger charge is 2.08. The standard InChI is InChI=1S/C20H21F3N2O2/c1-2-3-8-27-18-11-15(21)6-4-14(18)5-7-19(26)25-12-13-9-16(22)20(24)17(23)10-13/h4-7,9-11H,2-3,8,12,24H2,1H3,(H,25,26)/b7-5+. The van der Waals surface area contributed by atoms with Crippen LogP contribution in [0.5, 0.6) is 5.75 Å². The molecule has 0 bridgehead atoms. The summed E-state index contributed by atoms with van der Waals surface area (Å²) in [7, 11) is 0. The molecule has 4 nitrogen and oxygen atoms in total. The van der Waals surface area contributed by atoms with Gasteiger partial charge < -0.3 is 15.8 Å². The topological polar surface area (TPSA) is 64.3 Å². The maximum atomic E-state index is 13.4. The summed E-state index contributed by atoms with van der Waals surface area (Å²) < 4.78 is 45.7. The van der Waals surface area contributed by atoms with Gasteiger partial charge in [0.05, 0.1) is 6.61 Å². The third-order valence-electron chi connectivity index (χ3n) is 3.75. The van der Waals surface area contributed by atoms with Crippen molar-refractivity contribution in [3.05, 3.63) is 65.0 Å². The van der Waals surface area contributed by atoms with Crippen LogP contribution in [0.2, 0.25) is 0 Å². The van der Waals surface area contributed by atoms with Gasteiger partial charge in [-0.05, 0) is 42.3 Å². The number of nitrogens with one attached hydrogen (secondary N) is 1. The van der Waals surface area contributed by atoms with Gasteiger partial charge in [-0.1, -0.05) is 13.3 Å². The molecule has 0 heterocycles. The minimum absolute atomic E-state index is 0.0689. The predicted octanol–water partition coefficient (Wildman–Crippen LogP) is 4.19. The van der Waals surface area contributed by atoms with Crippen LogP contribution in [0.1, 0.15) is 30.9 Å². The Balaban J connectivity index is 2.00. The van der Waals surface area contributed by atoms with Gasteiger partial charge in [0.15, 0.2) is 0 Å². The highest BCUT2D eigenvalue weighted by atomic mass is 19.1. The van der Waals surface area contributed by atoms with Crippen molar-refractivity contribution in [1.29, 1.82) is 0 Å². The molecule has 0 aliphatic heterocycles. The first-order valence-electron chi connectivity index (χ1n) is 8.52. The quantitative estimate of drug-likeness (QED) is 0.411. The van der Waals surface area contributed by atoms with E-state index in [4.69, 9.17) is 10.5 Å². The van der Waals surface area contributed by atoms with E-state index in [9.17, 15) is 18.0 Å². The Bertz CT molecular complexity index is 815. The van der Waals surface area contributed by atoms with Crippen LogP contribution in [0.3, 0.4) is 0 Å². The normalized spacial score (nSPS) is 11.0. The predicted molar refractivity (Wildman–Crippen MR) is 98.5 cm³/mol. The van der Waals surface area contributed by atoms with Gasteiger partial charge in [-0.15, -0.1) is 0 Å². The van der Waals surface area contributed by atoms with Crippen molar-refractivity contribution >= 4 is 17.7 Å². The van der Waals surface area contributed by atoms with E-state index >= 15 is 0 Å². The first-order chi connectivity index (χ1) is 12.9. The lowest BCUT2D eigenvalue weighted by Gasteiger charge is -2.09. The van der Waals surface area contributed by atoms with E-state index in [2.05, 4.69) is 5.32 Å². The van der Waals surface area contributed by atoms with Crippen LogP contribution in [0.25, 0.3) is 6.08 Å². The van der Waals surface area contributed by atoms with E-state index in [1.54, 1.807) is 0 Å². The lowest BCUT2D eigenvalue weighted by Crippen LogP contribution is -2.20. The molecule has 27 heavy (non-hydrogen) atoms. The highest BCUT2D eigenvalue weighted by molar-refractivity contribution is 5.92. The van der Waals surface area contributed by atoms with E-state index in [0.717, 1.165) is 25.0 Å². The molecule has 0 saturated heterocycles. The van der Waals surface area contributed by atoms with Crippen LogP contribution < -0.4 is 15.8 Å². The minimum atomic E-state index is -0.880. The molecule has 0 fully saturated rings. The Kier molecular flexibility index (Phi) is 7.28. The summed E-state index contributed by atoms with van der Waals surface area (Å²) in [5.41, 5.74) is 5.43. The zero-order valence-electron chi connectivity index (χ0n) is 14.9. The molecule has 0 unspecified atom stereocenters. The van der Waals surface area contributed by atoms with E-state index in [-0.39, 0.29) is 12.1 Å². The second-order valence-corrected chi connectivity index (χ2v) is 5.91. The fourth-order valence-corrected chi connectivity index (χ4v) is 2.25. The fraction of sp³-hybridized carbons (Fsp3) is 0.250. The molecule has 0 aliphatic carbocycles. The fourth-order valence-electron chi connectivity index (χ4n) is 2.25. The summed E-state index contributed by atoms with van der Waals surface area (Å²) in [5.74, 6) is -2.33. The summed E-state index contributed by atoms with van der Waals surface area (Å²) in [6.45, 7) is 2.39. The lowest BCUT2D eigenvalue weighted by atomic mass is 10.1. The summed E-state index contributed by atoms with van der Waals surface area (Å²) in [6, 6.07) is 6.15. The molecule has 7 heteroatoms. The Labute approximate surface area is 155 Å². The van der Waals surface area contributed by atoms with Crippen molar-refractivity contribution in [3.8, 4) is 5.75 Å². The van der Waals surface area contributed by atoms with E-state index < -0.39 is 29.0 Å². The van der Waals surface area contributed by atoms with E-state index in [0.29, 0.717) is 17.9 Å². The average Bonchev–Trinajstić information content (AvgIpc) is 2.63. The first kappa shape index (κ1) is 20.4. The van der Waals surface area contributed by atoms with Crippen LogP contribution in [-0.4, -0.2) is 12.5 Å². The van der Waals surface area contributed by atoms with Crippen molar-refractivity contribution in [2.75, 3.05) is 12.3 Å². The number of nitrogens with two attached hydrogens (primary N) is 1. The second-order valence-electron chi connectivity index (χ2n) is 5.91. The molecular formula is C20H21F3N2O2. The molecule has 0 aliphatic rings. The SMILES string of the molecule is CCCCOc1cc(F)ccc1/C=C/C(=O)NCc1cc(F)c(N)c(F)c1. The van der Waals surface area contributed by atoms with Crippen molar-refractivity contribution in [2.45, 2.75) is 26.3 Å². The summed E-state index contributed by atoms with van der Waals surface area (Å²) in [6.07, 6.45) is 4.49. The Hall–Kier alpha value is -2.96. The lowest BCUT2D eigenvalue weighted by molar-refractivity contribution is -0.116. The van der Waals surface area contributed by atoms with Crippen molar-refractivity contribution in [3.63, 3.8) is 0 Å². The van der Waals surface area contributed by atoms with Gasteiger partial charge in [0.1, 0.15) is 28.9 Å². The molecule has 2 aromatic carbocycles.